The number of rotatable bonds is 7. The van der Waals surface area contributed by atoms with E-state index in [-0.39, 0.29) is 28.5 Å². The van der Waals surface area contributed by atoms with Crippen molar-refractivity contribution in [1.29, 1.82) is 5.26 Å². The van der Waals surface area contributed by atoms with Gasteiger partial charge in [0.05, 0.1) is 17.2 Å². The molecule has 0 heterocycles. The molecule has 0 bridgehead atoms. The first-order valence-electron chi connectivity index (χ1n) is 13.3. The van der Waals surface area contributed by atoms with E-state index in [4.69, 9.17) is 4.74 Å². The predicted octanol–water partition coefficient (Wildman–Crippen LogP) is 10.0. The van der Waals surface area contributed by atoms with Crippen LogP contribution in [0.1, 0.15) is 53.3 Å². The average molecular weight is 633 g/mol. The van der Waals surface area contributed by atoms with Crippen molar-refractivity contribution >= 4 is 5.70 Å². The Labute approximate surface area is 255 Å². The van der Waals surface area contributed by atoms with E-state index in [1.165, 1.54) is 31.5 Å². The van der Waals surface area contributed by atoms with E-state index in [0.717, 1.165) is 36.4 Å². The number of benzene rings is 4. The minimum absolute atomic E-state index is 0.0403. The van der Waals surface area contributed by atoms with Crippen LogP contribution in [0, 0.1) is 29.9 Å². The van der Waals surface area contributed by atoms with Crippen LogP contribution in [-0.4, -0.2) is 5.60 Å². The van der Waals surface area contributed by atoms with Crippen molar-refractivity contribution in [3.05, 3.63) is 143 Å². The molecular weight excluding hydrogens is 604 g/mol. The zero-order valence-corrected chi connectivity index (χ0v) is 24.3. The molecule has 4 aromatic carbocycles. The highest BCUT2D eigenvalue weighted by molar-refractivity contribution is 5.64. The van der Waals surface area contributed by atoms with Gasteiger partial charge < -0.3 is 10.1 Å². The molecule has 236 valence electrons. The summed E-state index contributed by atoms with van der Waals surface area (Å²) in [6, 6.07) is 19.7. The molecule has 4 aromatic rings. The Bertz CT molecular complexity index is 1670. The average Bonchev–Trinajstić information content (AvgIpc) is 2.96. The summed E-state index contributed by atoms with van der Waals surface area (Å²) in [4.78, 5) is 0. The van der Waals surface area contributed by atoms with Gasteiger partial charge in [-0.05, 0) is 79.9 Å². The van der Waals surface area contributed by atoms with Crippen LogP contribution in [0.4, 0.5) is 35.1 Å². The summed E-state index contributed by atoms with van der Waals surface area (Å²) in [7, 11) is 0. The third-order valence-corrected chi connectivity index (χ3v) is 6.30. The molecular formula is C34H28F8N2O. The lowest BCUT2D eigenvalue weighted by atomic mass is 9.95. The van der Waals surface area contributed by atoms with Crippen LogP contribution in [0.2, 0.25) is 0 Å². The van der Waals surface area contributed by atoms with Crippen molar-refractivity contribution in [3.8, 4) is 11.8 Å². The van der Waals surface area contributed by atoms with E-state index in [1.807, 2.05) is 24.3 Å². The number of halogens is 8. The monoisotopic (exact) mass is 632 g/mol. The first kappa shape index (κ1) is 34.6. The number of nitriles is 1. The van der Waals surface area contributed by atoms with Gasteiger partial charge in [0.25, 0.3) is 0 Å². The van der Waals surface area contributed by atoms with Crippen molar-refractivity contribution in [2.45, 2.75) is 44.8 Å². The second kappa shape index (κ2) is 13.8. The summed E-state index contributed by atoms with van der Waals surface area (Å²) in [6.45, 7) is 8.49. The summed E-state index contributed by atoms with van der Waals surface area (Å²) >= 11 is 0. The van der Waals surface area contributed by atoms with E-state index in [1.54, 1.807) is 0 Å². The number of aryl methyl sites for hydroxylation is 1. The number of hydrogen-bond acceptors (Lipinski definition) is 3. The number of ether oxygens (including phenoxy) is 1. The second-order valence-electron chi connectivity index (χ2n) is 10.5. The van der Waals surface area contributed by atoms with Gasteiger partial charge in [-0.1, -0.05) is 60.7 Å². The molecule has 1 atom stereocenters. The molecule has 4 rings (SSSR count). The van der Waals surface area contributed by atoms with Crippen LogP contribution in [0.5, 0.6) is 5.75 Å². The van der Waals surface area contributed by atoms with E-state index < -0.39 is 52.5 Å². The van der Waals surface area contributed by atoms with Crippen molar-refractivity contribution in [2.75, 3.05) is 0 Å². The molecule has 11 heteroatoms. The Kier molecular flexibility index (Phi) is 10.7. The van der Waals surface area contributed by atoms with Gasteiger partial charge in [0.1, 0.15) is 11.9 Å². The zero-order chi connectivity index (χ0) is 33.6. The van der Waals surface area contributed by atoms with Crippen LogP contribution in [-0.2, 0) is 12.4 Å². The van der Waals surface area contributed by atoms with Crippen LogP contribution < -0.4 is 10.1 Å². The number of hydrogen-bond donors (Lipinski definition) is 1. The molecule has 0 fully saturated rings. The highest BCUT2D eigenvalue weighted by Gasteiger charge is 2.33. The van der Waals surface area contributed by atoms with Crippen molar-refractivity contribution < 1.29 is 39.9 Å². The Morgan fingerprint density at radius 1 is 0.778 bits per heavy atom. The van der Waals surface area contributed by atoms with Crippen LogP contribution in [0.3, 0.4) is 0 Å². The summed E-state index contributed by atoms with van der Waals surface area (Å²) < 4.78 is 114. The summed E-state index contributed by atoms with van der Waals surface area (Å²) in [6.07, 6.45) is -9.58. The maximum Gasteiger partial charge on any atom is 0.416 e. The molecule has 0 aromatic heterocycles. The fourth-order valence-electron chi connectivity index (χ4n) is 4.05. The van der Waals surface area contributed by atoms with E-state index in [9.17, 15) is 40.4 Å². The quantitative estimate of drug-likeness (QED) is 0.206. The Morgan fingerprint density at radius 3 is 1.98 bits per heavy atom. The summed E-state index contributed by atoms with van der Waals surface area (Å²) in [5.41, 5.74) is -2.85. The summed E-state index contributed by atoms with van der Waals surface area (Å²) in [5, 5.41) is 12.0. The molecule has 0 saturated heterocycles. The molecule has 0 aliphatic carbocycles. The third kappa shape index (κ3) is 9.83. The SMILES string of the molecule is C=C(N[C@@H](c1cc(F)cc(C(F)(F)F)c1)c1ccc(F)c(OC(C)(C)C#N)c1)c1cccc(C(F)(F)F)c1.Cc1ccccc1. The van der Waals surface area contributed by atoms with Crippen LogP contribution in [0.15, 0.2) is 97.6 Å². The molecule has 0 amide bonds. The van der Waals surface area contributed by atoms with Gasteiger partial charge in [-0.2, -0.15) is 31.6 Å². The normalized spacial score (nSPS) is 12.3. The van der Waals surface area contributed by atoms with E-state index in [2.05, 4.69) is 31.0 Å². The number of nitrogens with one attached hydrogen (secondary N) is 1. The van der Waals surface area contributed by atoms with Gasteiger partial charge in [-0.25, -0.2) is 8.78 Å². The highest BCUT2D eigenvalue weighted by atomic mass is 19.4. The largest absolute Gasteiger partial charge is 0.470 e. The van der Waals surface area contributed by atoms with Gasteiger partial charge >= 0.3 is 12.4 Å². The number of nitrogens with zero attached hydrogens (tertiary/aromatic N) is 1. The Hall–Kier alpha value is -4.85. The second-order valence-corrected chi connectivity index (χ2v) is 10.5. The first-order chi connectivity index (χ1) is 20.9. The Balaban J connectivity index is 0.000000693. The van der Waals surface area contributed by atoms with Crippen molar-refractivity contribution in [3.63, 3.8) is 0 Å². The van der Waals surface area contributed by atoms with Crippen molar-refractivity contribution in [2.24, 2.45) is 0 Å². The summed E-state index contributed by atoms with van der Waals surface area (Å²) in [5.74, 6) is -2.53. The molecule has 0 radical (unpaired) electrons. The minimum Gasteiger partial charge on any atom is -0.470 e. The fourth-order valence-corrected chi connectivity index (χ4v) is 4.05. The smallest absolute Gasteiger partial charge is 0.416 e. The van der Waals surface area contributed by atoms with Gasteiger partial charge in [0, 0.05) is 5.70 Å². The molecule has 0 aliphatic rings. The molecule has 3 nitrogen and oxygen atoms in total. The Morgan fingerprint density at radius 2 is 1.42 bits per heavy atom. The van der Waals surface area contributed by atoms with Crippen LogP contribution in [0.25, 0.3) is 5.70 Å². The maximum absolute atomic E-state index is 14.5. The van der Waals surface area contributed by atoms with Crippen LogP contribution >= 0.6 is 0 Å². The lowest BCUT2D eigenvalue weighted by molar-refractivity contribution is -0.138. The lowest BCUT2D eigenvalue weighted by Gasteiger charge is -2.25. The first-order valence-corrected chi connectivity index (χ1v) is 13.3. The lowest BCUT2D eigenvalue weighted by Crippen LogP contribution is -2.26. The van der Waals surface area contributed by atoms with Gasteiger partial charge in [-0.15, -0.1) is 0 Å². The molecule has 0 saturated carbocycles. The molecule has 0 spiro atoms. The van der Waals surface area contributed by atoms with Gasteiger partial charge in [-0.3, -0.25) is 0 Å². The highest BCUT2D eigenvalue weighted by Crippen LogP contribution is 2.36. The molecule has 45 heavy (non-hydrogen) atoms. The standard InChI is InChI=1S/C27H20F8N2O.C7H8/c1-15(16-5-4-6-19(9-16)26(30,31)32)37-24(18-10-20(27(33,34)35)13-21(28)11-18)17-7-8-22(29)23(12-17)38-25(2,3)14-36;1-7-5-3-2-4-6-7/h4-13,24,37H,1H2,2-3H3;2-6H,1H3/t24-;/m1./s1. The zero-order valence-electron chi connectivity index (χ0n) is 24.3. The molecule has 0 aliphatic heterocycles. The van der Waals surface area contributed by atoms with Crippen molar-refractivity contribution in [1.82, 2.24) is 5.32 Å². The van der Waals surface area contributed by atoms with E-state index >= 15 is 0 Å². The minimum atomic E-state index is -4.91. The predicted molar refractivity (Wildman–Crippen MR) is 155 cm³/mol. The third-order valence-electron chi connectivity index (χ3n) is 6.30. The maximum atomic E-state index is 14.5. The molecule has 1 N–H and O–H groups in total. The molecule has 0 unspecified atom stereocenters. The van der Waals surface area contributed by atoms with Gasteiger partial charge in [0.2, 0.25) is 0 Å². The fraction of sp³-hybridized carbons (Fsp3) is 0.206. The topological polar surface area (TPSA) is 45.0 Å². The van der Waals surface area contributed by atoms with Gasteiger partial charge in [0.15, 0.2) is 17.2 Å². The van der Waals surface area contributed by atoms with E-state index in [0.29, 0.717) is 6.07 Å². The number of alkyl halides is 6.